The minimum atomic E-state index is -0.738. The fourth-order valence-corrected chi connectivity index (χ4v) is 3.36. The highest BCUT2D eigenvalue weighted by molar-refractivity contribution is 5.94. The maximum absolute atomic E-state index is 13.3. The molecule has 0 saturated carbocycles. The van der Waals surface area contributed by atoms with Crippen LogP contribution in [0, 0.1) is 12.7 Å². The lowest BCUT2D eigenvalue weighted by Crippen LogP contribution is -2.29. The summed E-state index contributed by atoms with van der Waals surface area (Å²) in [6.45, 7) is 3.70. The predicted molar refractivity (Wildman–Crippen MR) is 120 cm³/mol. The van der Waals surface area contributed by atoms with E-state index in [1.807, 2.05) is 0 Å². The second-order valence-electron chi connectivity index (χ2n) is 7.42. The Morgan fingerprint density at radius 1 is 1.09 bits per heavy atom. The van der Waals surface area contributed by atoms with Gasteiger partial charge in [-0.2, -0.15) is 5.10 Å². The third-order valence-electron chi connectivity index (χ3n) is 5.07. The van der Waals surface area contributed by atoms with E-state index in [9.17, 15) is 14.0 Å². The number of aromatic nitrogens is 6. The third kappa shape index (κ3) is 5.14. The van der Waals surface area contributed by atoms with Crippen molar-refractivity contribution in [1.29, 1.82) is 0 Å². The van der Waals surface area contributed by atoms with Crippen LogP contribution in [0.5, 0.6) is 0 Å². The first-order valence-corrected chi connectivity index (χ1v) is 10.6. The normalized spacial score (nSPS) is 11.7. The average Bonchev–Trinajstić information content (AvgIpc) is 3.49. The predicted octanol–water partition coefficient (Wildman–Crippen LogP) is 2.91. The van der Waals surface area contributed by atoms with Crippen molar-refractivity contribution < 1.29 is 18.7 Å². The standard InChI is InChI=1S/C23H22FN7O3/c1-3-34-23(33)20-12-13-30(27-20)19-10-8-18(9-11-19)25-22(32)21(31-15(2)26-28-29-31)14-16-4-6-17(24)7-5-16/h4-13,21H,3,14H2,1-2H3,(H,25,32). The molecule has 1 unspecified atom stereocenters. The molecule has 4 aromatic rings. The van der Waals surface area contributed by atoms with Crippen molar-refractivity contribution in [1.82, 2.24) is 30.0 Å². The highest BCUT2D eigenvalue weighted by Gasteiger charge is 2.24. The quantitative estimate of drug-likeness (QED) is 0.399. The summed E-state index contributed by atoms with van der Waals surface area (Å²) in [6.07, 6.45) is 1.93. The maximum Gasteiger partial charge on any atom is 0.358 e. The summed E-state index contributed by atoms with van der Waals surface area (Å²) in [5.41, 5.74) is 2.23. The fourth-order valence-electron chi connectivity index (χ4n) is 3.36. The molecule has 1 N–H and O–H groups in total. The number of carbonyl (C=O) groups is 2. The van der Waals surface area contributed by atoms with Gasteiger partial charge < -0.3 is 10.1 Å². The van der Waals surface area contributed by atoms with E-state index in [2.05, 4.69) is 25.9 Å². The second kappa shape index (κ2) is 10.0. The molecule has 0 aliphatic rings. The Morgan fingerprint density at radius 3 is 2.47 bits per heavy atom. The van der Waals surface area contributed by atoms with Gasteiger partial charge in [-0.25, -0.2) is 18.5 Å². The number of hydrogen-bond donors (Lipinski definition) is 1. The van der Waals surface area contributed by atoms with E-state index in [-0.39, 0.29) is 30.4 Å². The summed E-state index contributed by atoms with van der Waals surface area (Å²) in [6, 6.07) is 13.7. The molecule has 2 aromatic heterocycles. The van der Waals surface area contributed by atoms with E-state index < -0.39 is 12.0 Å². The number of aryl methyl sites for hydroxylation is 1. The summed E-state index contributed by atoms with van der Waals surface area (Å²) >= 11 is 0. The van der Waals surface area contributed by atoms with Crippen LogP contribution < -0.4 is 5.32 Å². The first kappa shape index (κ1) is 22.8. The number of ether oxygens (including phenoxy) is 1. The zero-order valence-corrected chi connectivity index (χ0v) is 18.6. The van der Waals surface area contributed by atoms with Crippen LogP contribution in [0.2, 0.25) is 0 Å². The van der Waals surface area contributed by atoms with Gasteiger partial charge in [0, 0.05) is 18.3 Å². The van der Waals surface area contributed by atoms with Gasteiger partial charge in [-0.3, -0.25) is 4.79 Å². The zero-order valence-electron chi connectivity index (χ0n) is 18.6. The van der Waals surface area contributed by atoms with Gasteiger partial charge >= 0.3 is 5.97 Å². The molecule has 2 aromatic carbocycles. The number of nitrogens with one attached hydrogen (secondary N) is 1. The van der Waals surface area contributed by atoms with Gasteiger partial charge in [0.25, 0.3) is 0 Å². The Morgan fingerprint density at radius 2 is 1.82 bits per heavy atom. The van der Waals surface area contributed by atoms with E-state index >= 15 is 0 Å². The number of hydrogen-bond acceptors (Lipinski definition) is 7. The van der Waals surface area contributed by atoms with Crippen LogP contribution >= 0.6 is 0 Å². The summed E-state index contributed by atoms with van der Waals surface area (Å²) in [5, 5.41) is 18.6. The lowest BCUT2D eigenvalue weighted by molar-refractivity contribution is -0.119. The minimum absolute atomic E-state index is 0.208. The number of halogens is 1. The highest BCUT2D eigenvalue weighted by Crippen LogP contribution is 2.19. The number of amides is 1. The molecule has 4 rings (SSSR count). The molecule has 0 saturated heterocycles. The summed E-state index contributed by atoms with van der Waals surface area (Å²) in [4.78, 5) is 25.0. The van der Waals surface area contributed by atoms with Crippen molar-refractivity contribution in [3.63, 3.8) is 0 Å². The molecule has 1 amide bonds. The number of anilines is 1. The Labute approximate surface area is 194 Å². The molecule has 0 bridgehead atoms. The van der Waals surface area contributed by atoms with Crippen LogP contribution in [0.3, 0.4) is 0 Å². The van der Waals surface area contributed by atoms with E-state index in [4.69, 9.17) is 4.74 Å². The molecule has 0 aliphatic carbocycles. The summed E-state index contributed by atoms with van der Waals surface area (Å²) in [5.74, 6) is -0.685. The number of carbonyl (C=O) groups excluding carboxylic acids is 2. The first-order valence-electron chi connectivity index (χ1n) is 10.6. The molecule has 0 fully saturated rings. The van der Waals surface area contributed by atoms with Crippen LogP contribution in [0.25, 0.3) is 5.69 Å². The average molecular weight is 463 g/mol. The lowest BCUT2D eigenvalue weighted by atomic mass is 10.0. The molecule has 2 heterocycles. The van der Waals surface area contributed by atoms with Crippen LogP contribution in [-0.2, 0) is 16.0 Å². The molecule has 0 spiro atoms. The molecule has 174 valence electrons. The minimum Gasteiger partial charge on any atom is -0.461 e. The van der Waals surface area contributed by atoms with E-state index in [0.717, 1.165) is 5.56 Å². The largest absolute Gasteiger partial charge is 0.461 e. The van der Waals surface area contributed by atoms with Gasteiger partial charge in [0.2, 0.25) is 5.91 Å². The summed E-state index contributed by atoms with van der Waals surface area (Å²) in [7, 11) is 0. The van der Waals surface area contributed by atoms with Gasteiger partial charge in [-0.15, -0.1) is 5.10 Å². The number of esters is 1. The lowest BCUT2D eigenvalue weighted by Gasteiger charge is -2.18. The highest BCUT2D eigenvalue weighted by atomic mass is 19.1. The van der Waals surface area contributed by atoms with Gasteiger partial charge in [-0.05, 0) is 72.3 Å². The van der Waals surface area contributed by atoms with Crippen molar-refractivity contribution in [3.05, 3.63) is 83.7 Å². The number of nitrogens with zero attached hydrogens (tertiary/aromatic N) is 6. The topological polar surface area (TPSA) is 117 Å². The van der Waals surface area contributed by atoms with Crippen LogP contribution in [0.15, 0.2) is 60.8 Å². The van der Waals surface area contributed by atoms with Crippen molar-refractivity contribution >= 4 is 17.6 Å². The van der Waals surface area contributed by atoms with Crippen LogP contribution in [-0.4, -0.2) is 48.5 Å². The molecular weight excluding hydrogens is 441 g/mol. The monoisotopic (exact) mass is 463 g/mol. The van der Waals surface area contributed by atoms with Crippen LogP contribution in [0.4, 0.5) is 10.1 Å². The number of benzene rings is 2. The summed E-state index contributed by atoms with van der Waals surface area (Å²) < 4.78 is 21.2. The SMILES string of the molecule is CCOC(=O)c1ccn(-c2ccc(NC(=O)C(Cc3ccc(F)cc3)n3nnnc3C)cc2)n1. The molecule has 0 aliphatic heterocycles. The second-order valence-corrected chi connectivity index (χ2v) is 7.42. The molecular formula is C23H22FN7O3. The third-order valence-corrected chi connectivity index (χ3v) is 5.07. The molecule has 1 atom stereocenters. The van der Waals surface area contributed by atoms with Crippen molar-refractivity contribution in [3.8, 4) is 5.69 Å². The first-order chi connectivity index (χ1) is 16.4. The van der Waals surface area contributed by atoms with Gasteiger partial charge in [0.1, 0.15) is 17.7 Å². The maximum atomic E-state index is 13.3. The Hall–Kier alpha value is -4.41. The van der Waals surface area contributed by atoms with Gasteiger partial charge in [-0.1, -0.05) is 12.1 Å². The fraction of sp³-hybridized carbons (Fsp3) is 0.217. The smallest absolute Gasteiger partial charge is 0.358 e. The molecule has 11 heteroatoms. The molecule has 10 nitrogen and oxygen atoms in total. The zero-order chi connectivity index (χ0) is 24.1. The number of rotatable bonds is 8. The van der Waals surface area contributed by atoms with Gasteiger partial charge in [0.15, 0.2) is 5.69 Å². The van der Waals surface area contributed by atoms with E-state index in [1.165, 1.54) is 16.8 Å². The van der Waals surface area contributed by atoms with Crippen LogP contribution in [0.1, 0.15) is 34.8 Å². The van der Waals surface area contributed by atoms with E-state index in [0.29, 0.717) is 17.2 Å². The van der Waals surface area contributed by atoms with Crippen molar-refractivity contribution in [2.24, 2.45) is 0 Å². The Bertz CT molecular complexity index is 1280. The molecule has 34 heavy (non-hydrogen) atoms. The Kier molecular flexibility index (Phi) is 6.72. The van der Waals surface area contributed by atoms with E-state index in [1.54, 1.807) is 67.2 Å². The molecule has 0 radical (unpaired) electrons. The number of tetrazole rings is 1. The van der Waals surface area contributed by atoms with Crippen molar-refractivity contribution in [2.45, 2.75) is 26.3 Å². The van der Waals surface area contributed by atoms with Gasteiger partial charge in [0.05, 0.1) is 12.3 Å². The Balaban J connectivity index is 1.50. The van der Waals surface area contributed by atoms with Crippen molar-refractivity contribution in [2.75, 3.05) is 11.9 Å².